The Labute approximate surface area is 133 Å². The molecule has 0 saturated heterocycles. The summed E-state index contributed by atoms with van der Waals surface area (Å²) in [4.78, 5) is 0. The zero-order chi connectivity index (χ0) is 16.1. The van der Waals surface area contributed by atoms with Crippen LogP contribution in [0.15, 0.2) is 59.7 Å². The minimum Gasteiger partial charge on any atom is -0.371 e. The molecule has 0 N–H and O–H groups in total. The molecule has 2 aromatic rings. The number of hydrogen-bond acceptors (Lipinski definition) is 1. The number of benzene rings is 2. The van der Waals surface area contributed by atoms with E-state index in [9.17, 15) is 8.78 Å². The Balaban J connectivity index is 1.82. The van der Waals surface area contributed by atoms with Gasteiger partial charge in [-0.2, -0.15) is 0 Å². The van der Waals surface area contributed by atoms with Gasteiger partial charge in [-0.3, -0.25) is 0 Å². The molecule has 0 aliphatic carbocycles. The summed E-state index contributed by atoms with van der Waals surface area (Å²) in [6, 6.07) is 12.0. The van der Waals surface area contributed by atoms with Crippen molar-refractivity contribution in [2.24, 2.45) is 0 Å². The smallest absolute Gasteiger partial charge is 0.123 e. The van der Waals surface area contributed by atoms with Crippen LogP contribution in [0.25, 0.3) is 0 Å². The molecule has 0 fully saturated rings. The maximum Gasteiger partial charge on any atom is 0.123 e. The minimum absolute atomic E-state index is 0.287. The average molecular weight is 306 g/mol. The third-order valence-electron chi connectivity index (χ3n) is 3.26. The zero-order valence-electron chi connectivity index (χ0n) is 12.2. The Morgan fingerprint density at radius 2 is 1.00 bits per heavy atom. The van der Waals surface area contributed by atoms with E-state index >= 15 is 0 Å². The molecule has 1 nitrogen and oxygen atoms in total. The molecule has 112 valence electrons. The topological polar surface area (TPSA) is 9.23 Å². The lowest BCUT2D eigenvalue weighted by molar-refractivity contribution is 0.208. The molecule has 0 aromatic heterocycles. The van der Waals surface area contributed by atoms with Gasteiger partial charge in [-0.25, -0.2) is 8.78 Å². The van der Waals surface area contributed by atoms with E-state index in [0.717, 1.165) is 22.3 Å². The summed E-state index contributed by atoms with van der Waals surface area (Å²) >= 11 is 0. The van der Waals surface area contributed by atoms with Crippen molar-refractivity contribution in [2.45, 2.75) is 0 Å². The molecule has 0 spiro atoms. The van der Waals surface area contributed by atoms with Gasteiger partial charge in [-0.15, -0.1) is 0 Å². The van der Waals surface area contributed by atoms with Gasteiger partial charge in [0.05, 0.1) is 13.2 Å². The zero-order valence-corrected chi connectivity index (χ0v) is 12.2. The van der Waals surface area contributed by atoms with Gasteiger partial charge in [0.25, 0.3) is 0 Å². The summed E-state index contributed by atoms with van der Waals surface area (Å²) in [5.41, 5.74) is 3.11. The van der Waals surface area contributed by atoms with Crippen molar-refractivity contribution in [1.82, 2.24) is 0 Å². The van der Waals surface area contributed by atoms with Gasteiger partial charge in [-0.05, 0) is 48.5 Å². The molecule has 1 heterocycles. The van der Waals surface area contributed by atoms with Crippen LogP contribution >= 0.6 is 0 Å². The van der Waals surface area contributed by atoms with Crippen LogP contribution in [0.3, 0.4) is 0 Å². The highest BCUT2D eigenvalue weighted by Crippen LogP contribution is 2.13. The predicted octanol–water partition coefficient (Wildman–Crippen LogP) is 3.69. The summed E-state index contributed by atoms with van der Waals surface area (Å²) in [5.74, 6) is 11.4. The van der Waals surface area contributed by atoms with Crippen LogP contribution in [0.1, 0.15) is 11.1 Å². The van der Waals surface area contributed by atoms with Crippen LogP contribution in [0.5, 0.6) is 0 Å². The first-order valence-electron chi connectivity index (χ1n) is 7.06. The third-order valence-corrected chi connectivity index (χ3v) is 3.26. The fourth-order valence-corrected chi connectivity index (χ4v) is 2.01. The fourth-order valence-electron chi connectivity index (χ4n) is 2.01. The Kier molecular flexibility index (Phi) is 4.52. The van der Waals surface area contributed by atoms with Crippen molar-refractivity contribution in [2.75, 3.05) is 13.2 Å². The highest BCUT2D eigenvalue weighted by Gasteiger charge is 2.11. The summed E-state index contributed by atoms with van der Waals surface area (Å²) in [6.07, 6.45) is 0. The molecular weight excluding hydrogens is 294 g/mol. The van der Waals surface area contributed by atoms with Crippen molar-refractivity contribution >= 4 is 0 Å². The number of hydrogen-bond donors (Lipinski definition) is 0. The van der Waals surface area contributed by atoms with Crippen LogP contribution in [0.2, 0.25) is 0 Å². The molecule has 3 heteroatoms. The Morgan fingerprint density at radius 1 is 0.609 bits per heavy atom. The summed E-state index contributed by atoms with van der Waals surface area (Å²) in [5, 5.41) is 0. The van der Waals surface area contributed by atoms with Crippen molar-refractivity contribution in [3.8, 4) is 23.7 Å². The lowest BCUT2D eigenvalue weighted by Gasteiger charge is -1.92. The van der Waals surface area contributed by atoms with E-state index in [1.807, 2.05) is 0 Å². The van der Waals surface area contributed by atoms with E-state index in [1.54, 1.807) is 24.3 Å². The summed E-state index contributed by atoms with van der Waals surface area (Å²) in [6.45, 7) is 0.837. The van der Waals surface area contributed by atoms with Crippen molar-refractivity contribution in [3.63, 3.8) is 0 Å². The Bertz CT molecular complexity index is 781. The van der Waals surface area contributed by atoms with Crippen LogP contribution in [-0.4, -0.2) is 13.2 Å². The first kappa shape index (κ1) is 15.0. The standard InChI is InChI=1S/C20H12F2O/c21-19-9-3-15(4-10-19)1-7-17-13-23-14-18(17)8-2-16-5-11-20(22)12-6-16/h3-6,9-12H,13-14H2. The average Bonchev–Trinajstić information content (AvgIpc) is 3.01. The lowest BCUT2D eigenvalue weighted by atomic mass is 10.1. The maximum atomic E-state index is 12.9. The highest BCUT2D eigenvalue weighted by atomic mass is 19.1. The van der Waals surface area contributed by atoms with Crippen LogP contribution in [-0.2, 0) is 4.74 Å². The molecule has 0 bridgehead atoms. The third kappa shape index (κ3) is 4.07. The van der Waals surface area contributed by atoms with Gasteiger partial charge in [-0.1, -0.05) is 23.7 Å². The van der Waals surface area contributed by atoms with Crippen molar-refractivity contribution in [3.05, 3.63) is 82.4 Å². The molecule has 23 heavy (non-hydrogen) atoms. The lowest BCUT2D eigenvalue weighted by Crippen LogP contribution is -1.84. The summed E-state index contributed by atoms with van der Waals surface area (Å²) < 4.78 is 31.1. The minimum atomic E-state index is -0.287. The van der Waals surface area contributed by atoms with E-state index in [2.05, 4.69) is 23.7 Å². The molecule has 1 aliphatic rings. The van der Waals surface area contributed by atoms with Gasteiger partial charge in [0, 0.05) is 22.3 Å². The number of ether oxygens (including phenoxy) is 1. The summed E-state index contributed by atoms with van der Waals surface area (Å²) in [7, 11) is 0. The second kappa shape index (κ2) is 6.92. The first-order chi connectivity index (χ1) is 11.2. The predicted molar refractivity (Wildman–Crippen MR) is 84.4 cm³/mol. The first-order valence-corrected chi connectivity index (χ1v) is 7.06. The molecule has 0 unspecified atom stereocenters. The van der Waals surface area contributed by atoms with Gasteiger partial charge < -0.3 is 4.74 Å². The van der Waals surface area contributed by atoms with Gasteiger partial charge in [0.1, 0.15) is 11.6 Å². The van der Waals surface area contributed by atoms with Gasteiger partial charge in [0.2, 0.25) is 0 Å². The molecule has 3 rings (SSSR count). The van der Waals surface area contributed by atoms with E-state index in [0.29, 0.717) is 13.2 Å². The van der Waals surface area contributed by atoms with Crippen LogP contribution in [0.4, 0.5) is 8.78 Å². The number of rotatable bonds is 0. The molecule has 1 aliphatic heterocycles. The van der Waals surface area contributed by atoms with Gasteiger partial charge >= 0.3 is 0 Å². The monoisotopic (exact) mass is 306 g/mol. The normalized spacial score (nSPS) is 13.1. The molecule has 0 amide bonds. The molecular formula is C20H12F2O. The van der Waals surface area contributed by atoms with E-state index < -0.39 is 0 Å². The highest BCUT2D eigenvalue weighted by molar-refractivity contribution is 5.51. The maximum absolute atomic E-state index is 12.9. The van der Waals surface area contributed by atoms with Crippen LogP contribution < -0.4 is 0 Å². The fraction of sp³-hybridized carbons (Fsp3) is 0.100. The quantitative estimate of drug-likeness (QED) is 0.675. The Hall–Kier alpha value is -2.88. The molecule has 0 radical (unpaired) electrons. The largest absolute Gasteiger partial charge is 0.371 e. The Morgan fingerprint density at radius 3 is 1.39 bits per heavy atom. The second-order valence-corrected chi connectivity index (χ2v) is 4.96. The van der Waals surface area contributed by atoms with Crippen molar-refractivity contribution in [1.29, 1.82) is 0 Å². The second-order valence-electron chi connectivity index (χ2n) is 4.96. The SMILES string of the molecule is Fc1ccc(C#CC2=C(C#Cc3ccc(F)cc3)COC2)cc1. The van der Waals surface area contributed by atoms with Crippen LogP contribution in [0, 0.1) is 35.3 Å². The van der Waals surface area contributed by atoms with E-state index in [-0.39, 0.29) is 11.6 Å². The molecule has 0 saturated carbocycles. The molecule has 0 atom stereocenters. The van der Waals surface area contributed by atoms with E-state index in [4.69, 9.17) is 4.74 Å². The van der Waals surface area contributed by atoms with Gasteiger partial charge in [0.15, 0.2) is 0 Å². The van der Waals surface area contributed by atoms with E-state index in [1.165, 1.54) is 24.3 Å². The number of halogens is 2. The molecule has 2 aromatic carbocycles. The van der Waals surface area contributed by atoms with Crippen molar-refractivity contribution < 1.29 is 13.5 Å².